The highest BCUT2D eigenvalue weighted by Gasteiger charge is 2.23. The molecule has 0 saturated carbocycles. The van der Waals surface area contributed by atoms with E-state index in [0.29, 0.717) is 26.2 Å². The van der Waals surface area contributed by atoms with E-state index in [4.69, 9.17) is 4.74 Å². The van der Waals surface area contributed by atoms with Gasteiger partial charge in [0.15, 0.2) is 5.96 Å². The van der Waals surface area contributed by atoms with Crippen molar-refractivity contribution < 1.29 is 18.7 Å². The molecule has 1 fully saturated rings. The first kappa shape index (κ1) is 24.1. The van der Waals surface area contributed by atoms with E-state index >= 15 is 0 Å². The number of ether oxygens (including phenoxy) is 2. The number of morpholine rings is 1. The highest BCUT2D eigenvalue weighted by atomic mass is 19.1. The largest absolute Gasteiger partial charge is 0.469 e. The fourth-order valence-electron chi connectivity index (χ4n) is 3.50. The number of rotatable bonds is 11. The monoisotopic (exact) mass is 422 g/mol. The summed E-state index contributed by atoms with van der Waals surface area (Å²) in [6, 6.07) is 6.83. The van der Waals surface area contributed by atoms with Gasteiger partial charge in [0, 0.05) is 39.6 Å². The minimum Gasteiger partial charge on any atom is -0.469 e. The third-order valence-corrected chi connectivity index (χ3v) is 5.26. The summed E-state index contributed by atoms with van der Waals surface area (Å²) in [5.41, 5.74) is 1.08. The van der Waals surface area contributed by atoms with E-state index in [2.05, 4.69) is 25.3 Å². The van der Waals surface area contributed by atoms with Gasteiger partial charge in [0.25, 0.3) is 0 Å². The van der Waals surface area contributed by atoms with E-state index in [-0.39, 0.29) is 17.8 Å². The number of aliphatic imine (C=N–C) groups is 1. The Bertz CT molecular complexity index is 648. The molecule has 0 aromatic heterocycles. The highest BCUT2D eigenvalue weighted by molar-refractivity contribution is 5.79. The average Bonchev–Trinajstić information content (AvgIpc) is 2.78. The molecule has 0 spiro atoms. The zero-order valence-electron chi connectivity index (χ0n) is 18.2. The van der Waals surface area contributed by atoms with Gasteiger partial charge >= 0.3 is 5.97 Å². The fraction of sp³-hybridized carbons (Fsp3) is 0.636. The predicted octanol–water partition coefficient (Wildman–Crippen LogP) is 2.49. The Morgan fingerprint density at radius 2 is 1.87 bits per heavy atom. The van der Waals surface area contributed by atoms with Crippen LogP contribution in [0.3, 0.4) is 0 Å². The molecule has 2 rings (SSSR count). The Labute approximate surface area is 179 Å². The molecule has 1 saturated heterocycles. The van der Waals surface area contributed by atoms with E-state index in [1.165, 1.54) is 19.2 Å². The zero-order chi connectivity index (χ0) is 21.6. The van der Waals surface area contributed by atoms with Crippen molar-refractivity contribution in [2.24, 2.45) is 4.99 Å². The van der Waals surface area contributed by atoms with Gasteiger partial charge in [-0.05, 0) is 30.5 Å². The van der Waals surface area contributed by atoms with Crippen molar-refractivity contribution >= 4 is 11.9 Å². The molecule has 168 valence electrons. The first-order valence-electron chi connectivity index (χ1n) is 10.7. The number of nitrogens with one attached hydrogen (secondary N) is 2. The summed E-state index contributed by atoms with van der Waals surface area (Å²) in [6.07, 6.45) is 4.41. The van der Waals surface area contributed by atoms with Gasteiger partial charge in [0.2, 0.25) is 0 Å². The lowest BCUT2D eigenvalue weighted by atomic mass is 10.0. The standard InChI is InChI=1S/C22H35FN4O3/c1-24-22(25-12-6-4-3-5-7-21(28)29-2)26-17-20(27-13-15-30-16-14-27)18-8-10-19(23)11-9-18/h8-11,20H,3-7,12-17H2,1-2H3,(H2,24,25,26). The van der Waals surface area contributed by atoms with Gasteiger partial charge < -0.3 is 20.1 Å². The molecule has 0 aliphatic carbocycles. The summed E-state index contributed by atoms with van der Waals surface area (Å²) in [5, 5.41) is 6.75. The van der Waals surface area contributed by atoms with Crippen molar-refractivity contribution in [1.29, 1.82) is 0 Å². The average molecular weight is 423 g/mol. The second kappa shape index (κ2) is 13.9. The van der Waals surface area contributed by atoms with Crippen molar-refractivity contribution in [3.8, 4) is 0 Å². The van der Waals surface area contributed by atoms with Crippen molar-refractivity contribution in [1.82, 2.24) is 15.5 Å². The topological polar surface area (TPSA) is 75.2 Å². The van der Waals surface area contributed by atoms with Crippen LogP contribution in [0.25, 0.3) is 0 Å². The van der Waals surface area contributed by atoms with Crippen molar-refractivity contribution in [2.45, 2.75) is 38.1 Å². The number of carbonyl (C=O) groups is 1. The number of benzene rings is 1. The van der Waals surface area contributed by atoms with Crippen LogP contribution in [0.1, 0.15) is 43.7 Å². The Morgan fingerprint density at radius 1 is 1.17 bits per heavy atom. The summed E-state index contributed by atoms with van der Waals surface area (Å²) in [4.78, 5) is 17.8. The van der Waals surface area contributed by atoms with Gasteiger partial charge in [0.05, 0.1) is 26.4 Å². The molecule has 2 N–H and O–H groups in total. The van der Waals surface area contributed by atoms with Gasteiger partial charge in [-0.15, -0.1) is 0 Å². The number of esters is 1. The Morgan fingerprint density at radius 3 is 2.53 bits per heavy atom. The molecule has 7 nitrogen and oxygen atoms in total. The van der Waals surface area contributed by atoms with Gasteiger partial charge in [-0.3, -0.25) is 14.7 Å². The first-order chi connectivity index (χ1) is 14.6. The number of unbranched alkanes of at least 4 members (excludes halogenated alkanes) is 3. The number of guanidine groups is 1. The number of nitrogens with zero attached hydrogens (tertiary/aromatic N) is 2. The third kappa shape index (κ3) is 8.67. The molecular weight excluding hydrogens is 387 g/mol. The van der Waals surface area contributed by atoms with Crippen LogP contribution in [0.4, 0.5) is 4.39 Å². The molecule has 8 heteroatoms. The van der Waals surface area contributed by atoms with Crippen LogP contribution in [-0.2, 0) is 14.3 Å². The number of methoxy groups -OCH3 is 1. The molecule has 1 unspecified atom stereocenters. The molecule has 0 bridgehead atoms. The van der Waals surface area contributed by atoms with E-state index in [9.17, 15) is 9.18 Å². The normalized spacial score (nSPS) is 16.2. The van der Waals surface area contributed by atoms with Crippen LogP contribution >= 0.6 is 0 Å². The Balaban J connectivity index is 1.76. The summed E-state index contributed by atoms with van der Waals surface area (Å²) >= 11 is 0. The van der Waals surface area contributed by atoms with Crippen LogP contribution in [0.15, 0.2) is 29.3 Å². The van der Waals surface area contributed by atoms with Crippen LogP contribution in [-0.4, -0.2) is 70.4 Å². The smallest absolute Gasteiger partial charge is 0.305 e. The highest BCUT2D eigenvalue weighted by Crippen LogP contribution is 2.21. The zero-order valence-corrected chi connectivity index (χ0v) is 18.2. The van der Waals surface area contributed by atoms with Gasteiger partial charge in [0.1, 0.15) is 5.82 Å². The van der Waals surface area contributed by atoms with Gasteiger partial charge in [-0.25, -0.2) is 4.39 Å². The molecular formula is C22H35FN4O3. The van der Waals surface area contributed by atoms with Crippen molar-refractivity contribution in [3.05, 3.63) is 35.6 Å². The molecule has 1 aliphatic heterocycles. The Hall–Kier alpha value is -2.19. The fourth-order valence-corrected chi connectivity index (χ4v) is 3.50. The number of hydrogen-bond donors (Lipinski definition) is 2. The van der Waals surface area contributed by atoms with Crippen LogP contribution < -0.4 is 10.6 Å². The number of carbonyl (C=O) groups excluding carboxylic acids is 1. The second-order valence-electron chi connectivity index (χ2n) is 7.34. The summed E-state index contributed by atoms with van der Waals surface area (Å²) in [7, 11) is 3.18. The Kier molecular flexibility index (Phi) is 11.2. The lowest BCUT2D eigenvalue weighted by Gasteiger charge is -2.35. The van der Waals surface area contributed by atoms with Crippen LogP contribution in [0.2, 0.25) is 0 Å². The minimum atomic E-state index is -0.225. The summed E-state index contributed by atoms with van der Waals surface area (Å²) in [5.74, 6) is 0.384. The number of halogens is 1. The molecule has 1 aromatic carbocycles. The van der Waals surface area contributed by atoms with E-state index in [1.807, 2.05) is 12.1 Å². The van der Waals surface area contributed by atoms with Gasteiger partial charge in [-0.1, -0.05) is 25.0 Å². The molecule has 1 aromatic rings. The van der Waals surface area contributed by atoms with E-state index in [1.54, 1.807) is 7.05 Å². The maximum absolute atomic E-state index is 13.4. The molecule has 1 atom stereocenters. The lowest BCUT2D eigenvalue weighted by molar-refractivity contribution is -0.140. The van der Waals surface area contributed by atoms with Crippen molar-refractivity contribution in [3.63, 3.8) is 0 Å². The maximum atomic E-state index is 13.4. The van der Waals surface area contributed by atoms with E-state index < -0.39 is 0 Å². The van der Waals surface area contributed by atoms with Crippen LogP contribution in [0.5, 0.6) is 0 Å². The van der Waals surface area contributed by atoms with Gasteiger partial charge in [-0.2, -0.15) is 0 Å². The lowest BCUT2D eigenvalue weighted by Crippen LogP contribution is -2.46. The SMILES string of the molecule is CN=C(NCCCCCCC(=O)OC)NCC(c1ccc(F)cc1)N1CCOCC1. The molecule has 0 amide bonds. The van der Waals surface area contributed by atoms with Crippen LogP contribution in [0, 0.1) is 5.82 Å². The summed E-state index contributed by atoms with van der Waals surface area (Å²) < 4.78 is 23.5. The number of hydrogen-bond acceptors (Lipinski definition) is 5. The molecule has 1 heterocycles. The molecule has 30 heavy (non-hydrogen) atoms. The van der Waals surface area contributed by atoms with Crippen molar-refractivity contribution in [2.75, 3.05) is 53.6 Å². The second-order valence-corrected chi connectivity index (χ2v) is 7.34. The molecule has 1 aliphatic rings. The first-order valence-corrected chi connectivity index (χ1v) is 10.7. The van der Waals surface area contributed by atoms with E-state index in [0.717, 1.165) is 56.8 Å². The predicted molar refractivity (Wildman–Crippen MR) is 116 cm³/mol. The minimum absolute atomic E-state index is 0.117. The maximum Gasteiger partial charge on any atom is 0.305 e. The quantitative estimate of drug-likeness (QED) is 0.247. The third-order valence-electron chi connectivity index (χ3n) is 5.26. The molecule has 0 radical (unpaired) electrons. The summed E-state index contributed by atoms with van der Waals surface area (Å²) in [6.45, 7) is 4.60.